The fourth-order valence-electron chi connectivity index (χ4n) is 3.30. The highest BCUT2D eigenvalue weighted by atomic mass is 19.1. The topological polar surface area (TPSA) is 55.2 Å². The van der Waals surface area contributed by atoms with E-state index in [4.69, 9.17) is 0 Å². The van der Waals surface area contributed by atoms with Crippen LogP contribution in [0.25, 0.3) is 10.9 Å². The van der Waals surface area contributed by atoms with Gasteiger partial charge in [0.05, 0.1) is 17.2 Å². The number of carbonyl (C=O) groups is 1. The lowest BCUT2D eigenvalue weighted by Crippen LogP contribution is -2.39. The Hall–Kier alpha value is -3.09. The lowest BCUT2D eigenvalue weighted by atomic mass is 10.0. The first-order chi connectivity index (χ1) is 12.5. The van der Waals surface area contributed by atoms with Gasteiger partial charge in [-0.05, 0) is 54.8 Å². The van der Waals surface area contributed by atoms with Gasteiger partial charge in [0.15, 0.2) is 0 Å². The zero-order valence-corrected chi connectivity index (χ0v) is 13.8. The van der Waals surface area contributed by atoms with Gasteiger partial charge < -0.3 is 4.90 Å². The molecule has 0 aliphatic carbocycles. The summed E-state index contributed by atoms with van der Waals surface area (Å²) in [5.74, 6) is -1.17. The number of rotatable bonds is 2. The molecule has 0 unspecified atom stereocenters. The Bertz CT molecular complexity index is 1080. The van der Waals surface area contributed by atoms with Crippen molar-refractivity contribution in [3.05, 3.63) is 70.3 Å². The molecule has 5 nitrogen and oxygen atoms in total. The number of fused-ring (bicyclic) bond motifs is 2. The Labute approximate surface area is 147 Å². The zero-order valence-electron chi connectivity index (χ0n) is 13.8. The summed E-state index contributed by atoms with van der Waals surface area (Å²) in [5, 5.41) is 0.126. The van der Waals surface area contributed by atoms with Crippen molar-refractivity contribution in [3.8, 4) is 0 Å². The number of hydrogen-bond acceptors (Lipinski definition) is 3. The van der Waals surface area contributed by atoms with Crippen molar-refractivity contribution in [2.24, 2.45) is 0 Å². The molecule has 0 bridgehead atoms. The van der Waals surface area contributed by atoms with Crippen molar-refractivity contribution < 1.29 is 13.6 Å². The molecule has 0 saturated carbocycles. The molecule has 4 rings (SSSR count). The molecule has 0 fully saturated rings. The average Bonchev–Trinajstić information content (AvgIpc) is 2.63. The van der Waals surface area contributed by atoms with Crippen LogP contribution >= 0.6 is 0 Å². The van der Waals surface area contributed by atoms with Crippen LogP contribution in [0.1, 0.15) is 12.0 Å². The predicted molar refractivity (Wildman–Crippen MR) is 93.0 cm³/mol. The van der Waals surface area contributed by atoms with Crippen LogP contribution in [-0.4, -0.2) is 22.0 Å². The molecule has 2 heterocycles. The number of nitrogens with zero attached hydrogens (tertiary/aromatic N) is 3. The van der Waals surface area contributed by atoms with Crippen molar-refractivity contribution in [2.75, 3.05) is 11.4 Å². The summed E-state index contributed by atoms with van der Waals surface area (Å²) in [4.78, 5) is 30.9. The number of aromatic nitrogens is 2. The first kappa shape index (κ1) is 16.4. The van der Waals surface area contributed by atoms with Crippen molar-refractivity contribution >= 4 is 22.5 Å². The minimum atomic E-state index is -0.535. The van der Waals surface area contributed by atoms with Crippen LogP contribution in [0.4, 0.5) is 14.5 Å². The smallest absolute Gasteiger partial charge is 0.261 e. The van der Waals surface area contributed by atoms with Crippen LogP contribution < -0.4 is 10.5 Å². The van der Waals surface area contributed by atoms with E-state index in [1.54, 1.807) is 11.0 Å². The number of carbonyl (C=O) groups excluding carboxylic acids is 1. The number of benzene rings is 2. The van der Waals surface area contributed by atoms with Gasteiger partial charge in [0.25, 0.3) is 5.56 Å². The molecule has 1 aliphatic rings. The maximum atomic E-state index is 13.4. The SMILES string of the molecule is O=C(Cn1cnc2ccc(F)cc2c1=O)N1CCCc2cc(F)ccc21. The minimum absolute atomic E-state index is 0.126. The Morgan fingerprint density at radius 1 is 1.12 bits per heavy atom. The Morgan fingerprint density at radius 2 is 1.88 bits per heavy atom. The molecule has 7 heteroatoms. The molecule has 3 aromatic rings. The van der Waals surface area contributed by atoms with Gasteiger partial charge in [-0.25, -0.2) is 13.8 Å². The van der Waals surface area contributed by atoms with E-state index in [9.17, 15) is 18.4 Å². The lowest BCUT2D eigenvalue weighted by Gasteiger charge is -2.29. The molecule has 1 aliphatic heterocycles. The van der Waals surface area contributed by atoms with Crippen LogP contribution in [-0.2, 0) is 17.8 Å². The van der Waals surface area contributed by atoms with E-state index in [1.165, 1.54) is 35.2 Å². The summed E-state index contributed by atoms with van der Waals surface area (Å²) >= 11 is 0. The quantitative estimate of drug-likeness (QED) is 0.710. The third kappa shape index (κ3) is 2.85. The molecule has 132 valence electrons. The fourth-order valence-corrected chi connectivity index (χ4v) is 3.30. The molecule has 0 spiro atoms. The first-order valence-electron chi connectivity index (χ1n) is 8.26. The molecule has 1 amide bonds. The molecule has 0 saturated heterocycles. The molecule has 2 aromatic carbocycles. The summed E-state index contributed by atoms with van der Waals surface area (Å²) in [7, 11) is 0. The Balaban J connectivity index is 1.67. The Kier molecular flexibility index (Phi) is 3.99. The van der Waals surface area contributed by atoms with E-state index >= 15 is 0 Å². The van der Waals surface area contributed by atoms with Crippen LogP contribution in [0.5, 0.6) is 0 Å². The first-order valence-corrected chi connectivity index (χ1v) is 8.26. The average molecular weight is 355 g/mol. The van der Waals surface area contributed by atoms with Crippen LogP contribution in [0, 0.1) is 11.6 Å². The molecular weight excluding hydrogens is 340 g/mol. The van der Waals surface area contributed by atoms with Gasteiger partial charge >= 0.3 is 0 Å². The van der Waals surface area contributed by atoms with E-state index < -0.39 is 11.4 Å². The summed E-state index contributed by atoms with van der Waals surface area (Å²) in [5.41, 5.74) is 1.34. The van der Waals surface area contributed by atoms with Crippen molar-refractivity contribution in [3.63, 3.8) is 0 Å². The highest BCUT2D eigenvalue weighted by Crippen LogP contribution is 2.28. The maximum Gasteiger partial charge on any atom is 0.261 e. The number of anilines is 1. The third-order valence-corrected chi connectivity index (χ3v) is 4.55. The third-order valence-electron chi connectivity index (χ3n) is 4.55. The molecule has 0 N–H and O–H groups in total. The highest BCUT2D eigenvalue weighted by Gasteiger charge is 2.23. The fraction of sp³-hybridized carbons (Fsp3) is 0.211. The predicted octanol–water partition coefficient (Wildman–Crippen LogP) is 2.65. The van der Waals surface area contributed by atoms with Gasteiger partial charge in [0.1, 0.15) is 18.2 Å². The zero-order chi connectivity index (χ0) is 18.3. The van der Waals surface area contributed by atoms with Crippen molar-refractivity contribution in [1.82, 2.24) is 9.55 Å². The van der Waals surface area contributed by atoms with E-state index in [2.05, 4.69) is 4.98 Å². The standard InChI is InChI=1S/C19H15F2N3O2/c20-13-4-6-17-12(8-13)2-1-7-24(17)18(25)10-23-11-22-16-5-3-14(21)9-15(16)19(23)26/h3-6,8-9,11H,1-2,7,10H2. The molecule has 26 heavy (non-hydrogen) atoms. The maximum absolute atomic E-state index is 13.4. The van der Waals surface area contributed by atoms with Gasteiger partial charge in [0.2, 0.25) is 5.91 Å². The van der Waals surface area contributed by atoms with E-state index in [-0.39, 0.29) is 23.7 Å². The van der Waals surface area contributed by atoms with Gasteiger partial charge in [-0.2, -0.15) is 0 Å². The highest BCUT2D eigenvalue weighted by molar-refractivity contribution is 5.94. The van der Waals surface area contributed by atoms with E-state index in [0.717, 1.165) is 18.1 Å². The largest absolute Gasteiger partial charge is 0.311 e. The monoisotopic (exact) mass is 355 g/mol. The van der Waals surface area contributed by atoms with Crippen molar-refractivity contribution in [1.29, 1.82) is 0 Å². The van der Waals surface area contributed by atoms with Gasteiger partial charge in [-0.3, -0.25) is 14.2 Å². The van der Waals surface area contributed by atoms with Gasteiger partial charge in [-0.15, -0.1) is 0 Å². The number of aryl methyl sites for hydroxylation is 1. The number of amides is 1. The minimum Gasteiger partial charge on any atom is -0.311 e. The van der Waals surface area contributed by atoms with Crippen LogP contribution in [0.3, 0.4) is 0 Å². The summed E-state index contributed by atoms with van der Waals surface area (Å²) in [6, 6.07) is 8.10. The normalized spacial score (nSPS) is 13.7. The second-order valence-electron chi connectivity index (χ2n) is 6.26. The van der Waals surface area contributed by atoms with Crippen LogP contribution in [0.15, 0.2) is 47.5 Å². The second kappa shape index (κ2) is 6.33. The second-order valence-corrected chi connectivity index (χ2v) is 6.26. The number of hydrogen-bond donors (Lipinski definition) is 0. The van der Waals surface area contributed by atoms with E-state index in [1.807, 2.05) is 0 Å². The van der Waals surface area contributed by atoms with Crippen LogP contribution in [0.2, 0.25) is 0 Å². The molecular formula is C19H15F2N3O2. The lowest BCUT2D eigenvalue weighted by molar-refractivity contribution is -0.119. The number of halogens is 2. The van der Waals surface area contributed by atoms with E-state index in [0.29, 0.717) is 24.2 Å². The molecule has 0 radical (unpaired) electrons. The summed E-state index contributed by atoms with van der Waals surface area (Å²) in [6.07, 6.45) is 2.71. The summed E-state index contributed by atoms with van der Waals surface area (Å²) in [6.45, 7) is 0.289. The Morgan fingerprint density at radius 3 is 2.73 bits per heavy atom. The van der Waals surface area contributed by atoms with Gasteiger partial charge in [-0.1, -0.05) is 0 Å². The molecule has 0 atom stereocenters. The molecule has 1 aromatic heterocycles. The van der Waals surface area contributed by atoms with Gasteiger partial charge in [0, 0.05) is 12.2 Å². The van der Waals surface area contributed by atoms with Crippen molar-refractivity contribution in [2.45, 2.75) is 19.4 Å². The summed E-state index contributed by atoms with van der Waals surface area (Å²) < 4.78 is 28.0.